The molecule has 1 unspecified atom stereocenters. The number of halogens is 1. The maximum absolute atomic E-state index is 9.46. The third kappa shape index (κ3) is 6.21. The van der Waals surface area contributed by atoms with Gasteiger partial charge in [-0.3, -0.25) is 4.98 Å². The van der Waals surface area contributed by atoms with Crippen LogP contribution in [0.1, 0.15) is 48.2 Å². The first-order chi connectivity index (χ1) is 17.2. The highest BCUT2D eigenvalue weighted by Crippen LogP contribution is 2.34. The quantitative estimate of drug-likeness (QED) is 0.259. The summed E-state index contributed by atoms with van der Waals surface area (Å²) in [6.45, 7) is 1.65. The predicted octanol–water partition coefficient (Wildman–Crippen LogP) is 6.01. The molecule has 0 saturated heterocycles. The van der Waals surface area contributed by atoms with E-state index in [1.807, 2.05) is 24.4 Å². The lowest BCUT2D eigenvalue weighted by atomic mass is 9.92. The Morgan fingerprint density at radius 1 is 1.00 bits per heavy atom. The molecule has 3 N–H and O–H groups in total. The van der Waals surface area contributed by atoms with Gasteiger partial charge in [-0.05, 0) is 92.1 Å². The summed E-state index contributed by atoms with van der Waals surface area (Å²) in [4.78, 5) is 4.44. The van der Waals surface area contributed by atoms with Gasteiger partial charge in [0, 0.05) is 47.5 Å². The molecule has 5 nitrogen and oxygen atoms in total. The minimum absolute atomic E-state index is 0. The number of aryl methyl sites for hydroxylation is 2. The minimum Gasteiger partial charge on any atom is -0.508 e. The second-order valence-electron chi connectivity index (χ2n) is 9.66. The number of benzene rings is 2. The predicted molar refractivity (Wildman–Crippen MR) is 148 cm³/mol. The first kappa shape index (κ1) is 26.1. The first-order valence-electron chi connectivity index (χ1n) is 12.9. The molecular weight excluding hydrogens is 470 g/mol. The zero-order valence-electron chi connectivity index (χ0n) is 20.7. The van der Waals surface area contributed by atoms with Crippen LogP contribution in [0, 0.1) is 0 Å². The van der Waals surface area contributed by atoms with Gasteiger partial charge in [-0.25, -0.2) is 0 Å². The summed E-state index contributed by atoms with van der Waals surface area (Å²) < 4.78 is 8.66. The molecule has 1 atom stereocenters. The highest BCUT2D eigenvalue weighted by Gasteiger charge is 2.23. The molecule has 0 saturated carbocycles. The molecule has 5 rings (SSSR count). The maximum atomic E-state index is 9.46. The van der Waals surface area contributed by atoms with Gasteiger partial charge in [-0.2, -0.15) is 0 Å². The van der Waals surface area contributed by atoms with Crippen LogP contribution in [-0.2, 0) is 32.2 Å². The van der Waals surface area contributed by atoms with Crippen LogP contribution >= 0.6 is 12.4 Å². The topological polar surface area (TPSA) is 73.3 Å². The highest BCUT2D eigenvalue weighted by atomic mass is 35.5. The number of fused-ring (bicyclic) bond motifs is 3. The number of phenolic OH excluding ortho intramolecular Hbond substituents is 1. The average molecular weight is 506 g/mol. The Hall–Kier alpha value is -3.02. The normalized spacial score (nSPS) is 14.9. The molecule has 1 aliphatic rings. The molecule has 0 spiro atoms. The smallest absolute Gasteiger partial charge is 0.120 e. The summed E-state index contributed by atoms with van der Waals surface area (Å²) in [5, 5.41) is 10.8. The molecule has 6 heteroatoms. The van der Waals surface area contributed by atoms with Gasteiger partial charge in [-0.15, -0.1) is 12.4 Å². The summed E-state index contributed by atoms with van der Waals surface area (Å²) >= 11 is 0. The Morgan fingerprint density at radius 2 is 1.86 bits per heavy atom. The third-order valence-corrected chi connectivity index (χ3v) is 7.11. The molecule has 1 aliphatic carbocycles. The summed E-state index contributed by atoms with van der Waals surface area (Å²) in [6, 6.07) is 20.2. The lowest BCUT2D eigenvalue weighted by molar-refractivity contribution is 0.322. The zero-order valence-corrected chi connectivity index (χ0v) is 21.6. The van der Waals surface area contributed by atoms with Gasteiger partial charge in [0.25, 0.3) is 0 Å². The van der Waals surface area contributed by atoms with Gasteiger partial charge in [0.15, 0.2) is 0 Å². The fourth-order valence-corrected chi connectivity index (χ4v) is 5.25. The molecule has 0 fully saturated rings. The van der Waals surface area contributed by atoms with E-state index in [4.69, 9.17) is 10.5 Å². The summed E-state index contributed by atoms with van der Waals surface area (Å²) in [6.07, 6.45) is 10.3. The Balaban J connectivity index is 0.00000304. The van der Waals surface area contributed by atoms with Crippen LogP contribution in [0.2, 0.25) is 0 Å². The molecule has 0 aliphatic heterocycles. The standard InChI is InChI=1S/C30H35N3O2.ClH/c31-23-10-14-29-27(20-23)28-21-26(35-19-16-22-8-11-25(34)12-9-22)13-15-30(28)33(29)18-5-1-2-6-24-7-3-4-17-32-24;/h3-4,7-9,11-13,15,17,21,23,34H,1-2,5-6,10,14,16,18-20,31H2;1H. The van der Waals surface area contributed by atoms with E-state index < -0.39 is 0 Å². The molecule has 36 heavy (non-hydrogen) atoms. The molecule has 0 amide bonds. The van der Waals surface area contributed by atoms with Gasteiger partial charge in [0.2, 0.25) is 0 Å². The molecular formula is C30H36ClN3O2. The maximum Gasteiger partial charge on any atom is 0.120 e. The lowest BCUT2D eigenvalue weighted by Crippen LogP contribution is -2.28. The van der Waals surface area contributed by atoms with Crippen LogP contribution in [0.25, 0.3) is 10.9 Å². The van der Waals surface area contributed by atoms with Crippen molar-refractivity contribution in [2.24, 2.45) is 5.73 Å². The highest BCUT2D eigenvalue weighted by molar-refractivity contribution is 5.87. The van der Waals surface area contributed by atoms with E-state index in [-0.39, 0.29) is 18.4 Å². The SMILES string of the molecule is Cl.NC1CCc2c(c3cc(OCCc4ccc(O)cc4)ccc3n2CCCCCc2ccccn2)C1. The molecule has 0 radical (unpaired) electrons. The van der Waals surface area contributed by atoms with Crippen molar-refractivity contribution in [1.82, 2.24) is 9.55 Å². The molecule has 4 aromatic rings. The Labute approximate surface area is 219 Å². The molecule has 190 valence electrons. The summed E-state index contributed by atoms with van der Waals surface area (Å²) in [7, 11) is 0. The number of aromatic nitrogens is 2. The van der Waals surface area contributed by atoms with Crippen LogP contribution in [0.4, 0.5) is 0 Å². The number of hydrogen-bond donors (Lipinski definition) is 2. The Morgan fingerprint density at radius 3 is 2.67 bits per heavy atom. The summed E-state index contributed by atoms with van der Waals surface area (Å²) in [5.74, 6) is 1.20. The van der Waals surface area contributed by atoms with Gasteiger partial charge in [0.05, 0.1) is 6.61 Å². The molecule has 0 bridgehead atoms. The van der Waals surface area contributed by atoms with Crippen molar-refractivity contribution in [3.8, 4) is 11.5 Å². The van der Waals surface area contributed by atoms with E-state index in [9.17, 15) is 5.11 Å². The van der Waals surface area contributed by atoms with Crippen LogP contribution in [0.3, 0.4) is 0 Å². The van der Waals surface area contributed by atoms with Crippen LogP contribution in [0.15, 0.2) is 66.9 Å². The minimum atomic E-state index is 0. The van der Waals surface area contributed by atoms with Crippen molar-refractivity contribution >= 4 is 23.3 Å². The van der Waals surface area contributed by atoms with Crippen molar-refractivity contribution < 1.29 is 9.84 Å². The van der Waals surface area contributed by atoms with Crippen LogP contribution < -0.4 is 10.5 Å². The fourth-order valence-electron chi connectivity index (χ4n) is 5.25. The number of unbranched alkanes of at least 4 members (excludes halogenated alkanes) is 2. The second kappa shape index (κ2) is 12.3. The van der Waals surface area contributed by atoms with E-state index in [0.29, 0.717) is 12.4 Å². The molecule has 2 aromatic heterocycles. The van der Waals surface area contributed by atoms with Gasteiger partial charge >= 0.3 is 0 Å². The van der Waals surface area contributed by atoms with Crippen LogP contribution in [0.5, 0.6) is 11.5 Å². The molecule has 2 aromatic carbocycles. The largest absolute Gasteiger partial charge is 0.508 e. The van der Waals surface area contributed by atoms with Gasteiger partial charge in [-0.1, -0.05) is 24.6 Å². The van der Waals surface area contributed by atoms with E-state index in [1.165, 1.54) is 47.1 Å². The van der Waals surface area contributed by atoms with Crippen molar-refractivity contribution in [3.63, 3.8) is 0 Å². The molecule has 2 heterocycles. The van der Waals surface area contributed by atoms with Crippen molar-refractivity contribution in [3.05, 3.63) is 89.4 Å². The van der Waals surface area contributed by atoms with Crippen molar-refractivity contribution in [2.45, 2.75) is 64.0 Å². The van der Waals surface area contributed by atoms with E-state index in [0.717, 1.165) is 50.0 Å². The number of rotatable bonds is 10. The number of nitrogens with zero attached hydrogens (tertiary/aromatic N) is 2. The second-order valence-corrected chi connectivity index (χ2v) is 9.66. The first-order valence-corrected chi connectivity index (χ1v) is 12.9. The van der Waals surface area contributed by atoms with E-state index in [1.54, 1.807) is 12.1 Å². The Bertz CT molecular complexity index is 1250. The Kier molecular flexibility index (Phi) is 8.89. The van der Waals surface area contributed by atoms with Gasteiger partial charge < -0.3 is 20.1 Å². The number of ether oxygens (including phenoxy) is 1. The van der Waals surface area contributed by atoms with E-state index >= 15 is 0 Å². The average Bonchev–Trinajstić information content (AvgIpc) is 3.18. The van der Waals surface area contributed by atoms with Gasteiger partial charge in [0.1, 0.15) is 11.5 Å². The zero-order chi connectivity index (χ0) is 24.0. The number of hydrogen-bond acceptors (Lipinski definition) is 4. The number of pyridine rings is 1. The summed E-state index contributed by atoms with van der Waals surface area (Å²) in [5.41, 5.74) is 12.9. The van der Waals surface area contributed by atoms with Crippen molar-refractivity contribution in [1.29, 1.82) is 0 Å². The number of phenols is 1. The number of aromatic hydroxyl groups is 1. The fraction of sp³-hybridized carbons (Fsp3) is 0.367. The number of nitrogens with two attached hydrogens (primary N) is 1. The van der Waals surface area contributed by atoms with E-state index in [2.05, 4.69) is 39.9 Å². The van der Waals surface area contributed by atoms with Crippen molar-refractivity contribution in [2.75, 3.05) is 6.61 Å². The lowest BCUT2D eigenvalue weighted by Gasteiger charge is -2.21. The monoisotopic (exact) mass is 505 g/mol. The third-order valence-electron chi connectivity index (χ3n) is 7.11. The van der Waals surface area contributed by atoms with Crippen LogP contribution in [-0.4, -0.2) is 27.3 Å².